The van der Waals surface area contributed by atoms with Crippen LogP contribution in [0.4, 0.5) is 4.79 Å². The number of hydroxylamine groups is 3. The maximum atomic E-state index is 12.5. The van der Waals surface area contributed by atoms with Crippen LogP contribution in [-0.2, 0) is 30.9 Å². The van der Waals surface area contributed by atoms with E-state index in [9.17, 15) is 18.0 Å². The summed E-state index contributed by atoms with van der Waals surface area (Å²) in [5.74, 6) is -0.487. The average Bonchev–Trinajstić information content (AvgIpc) is 3.19. The monoisotopic (exact) mass is 418 g/mol. The number of thiophene rings is 1. The molecule has 3 atom stereocenters. The topological polar surface area (TPSA) is 138 Å². The first-order valence-electron chi connectivity index (χ1n) is 8.33. The van der Waals surface area contributed by atoms with Gasteiger partial charge in [-0.05, 0) is 29.9 Å². The molecule has 3 aliphatic rings. The minimum absolute atomic E-state index is 0.131. The fourth-order valence-corrected chi connectivity index (χ4v) is 4.95. The quantitative estimate of drug-likeness (QED) is 0.447. The summed E-state index contributed by atoms with van der Waals surface area (Å²) >= 11 is 1.55. The Morgan fingerprint density at radius 1 is 1.41 bits per heavy atom. The maximum absolute atomic E-state index is 12.5. The van der Waals surface area contributed by atoms with E-state index in [0.29, 0.717) is 24.4 Å². The molecular formula is C14H18N4O7S2. The normalized spacial score (nSPS) is 27.6. The van der Waals surface area contributed by atoms with Crippen LogP contribution in [0.25, 0.3) is 0 Å². The molecular weight excluding hydrogens is 400 g/mol. The van der Waals surface area contributed by atoms with Crippen molar-refractivity contribution in [3.8, 4) is 0 Å². The molecule has 2 bridgehead atoms. The van der Waals surface area contributed by atoms with Crippen molar-refractivity contribution in [1.29, 1.82) is 0 Å². The molecule has 0 radical (unpaired) electrons. The van der Waals surface area contributed by atoms with Crippen molar-refractivity contribution in [2.45, 2.75) is 37.6 Å². The summed E-state index contributed by atoms with van der Waals surface area (Å²) < 4.78 is 35.0. The van der Waals surface area contributed by atoms with Crippen LogP contribution in [0.2, 0.25) is 0 Å². The van der Waals surface area contributed by atoms with Gasteiger partial charge in [-0.2, -0.15) is 13.5 Å². The zero-order valence-electron chi connectivity index (χ0n) is 14.0. The molecule has 0 aromatic carbocycles. The lowest BCUT2D eigenvalue weighted by Crippen LogP contribution is -2.50. The Morgan fingerprint density at radius 2 is 2.22 bits per heavy atom. The molecule has 2 fully saturated rings. The number of hydrogen-bond donors (Lipinski definition) is 3. The van der Waals surface area contributed by atoms with Gasteiger partial charge in [-0.3, -0.25) is 14.2 Å². The van der Waals surface area contributed by atoms with Gasteiger partial charge in [-0.25, -0.2) is 10.3 Å². The van der Waals surface area contributed by atoms with E-state index in [1.54, 1.807) is 11.3 Å². The van der Waals surface area contributed by atoms with Crippen molar-refractivity contribution in [3.05, 3.63) is 21.9 Å². The Hall–Kier alpha value is -1.77. The van der Waals surface area contributed by atoms with Crippen molar-refractivity contribution in [2.75, 3.05) is 13.1 Å². The van der Waals surface area contributed by atoms with Crippen LogP contribution >= 0.6 is 11.3 Å². The molecule has 0 saturated carbocycles. The summed E-state index contributed by atoms with van der Waals surface area (Å²) in [4.78, 5) is 32.7. The predicted octanol–water partition coefficient (Wildman–Crippen LogP) is -0.0568. The summed E-state index contributed by atoms with van der Waals surface area (Å²) in [6.45, 7) is 1.44. The van der Waals surface area contributed by atoms with E-state index in [1.807, 2.05) is 11.4 Å². The molecule has 2 saturated heterocycles. The van der Waals surface area contributed by atoms with Gasteiger partial charge in [0.25, 0.3) is 5.91 Å². The van der Waals surface area contributed by atoms with Crippen LogP contribution < -0.4 is 10.8 Å². The number of carbonyl (C=O) groups excluding carboxylic acids is 2. The van der Waals surface area contributed by atoms with Gasteiger partial charge in [0.2, 0.25) is 0 Å². The predicted molar refractivity (Wildman–Crippen MR) is 91.4 cm³/mol. The van der Waals surface area contributed by atoms with E-state index in [0.717, 1.165) is 17.0 Å². The van der Waals surface area contributed by atoms with Crippen LogP contribution in [0.1, 0.15) is 29.4 Å². The molecule has 1 aromatic heterocycles. The molecule has 148 valence electrons. The highest BCUT2D eigenvalue weighted by Gasteiger charge is 2.49. The Balaban J connectivity index is 1.39. The van der Waals surface area contributed by atoms with Gasteiger partial charge in [-0.15, -0.1) is 15.6 Å². The number of carbonyl (C=O) groups is 2. The van der Waals surface area contributed by atoms with Crippen LogP contribution in [-0.4, -0.2) is 60.0 Å². The lowest BCUT2D eigenvalue weighted by atomic mass is 10.0. The summed E-state index contributed by atoms with van der Waals surface area (Å²) in [5.41, 5.74) is 3.55. The molecule has 1 unspecified atom stereocenters. The van der Waals surface area contributed by atoms with Gasteiger partial charge in [0, 0.05) is 24.5 Å². The summed E-state index contributed by atoms with van der Waals surface area (Å²) in [6, 6.07) is -0.128. The van der Waals surface area contributed by atoms with Gasteiger partial charge in [-0.1, -0.05) is 0 Å². The van der Waals surface area contributed by atoms with Gasteiger partial charge in [0.05, 0.1) is 6.04 Å². The molecule has 4 rings (SSSR count). The maximum Gasteiger partial charge on any atom is 0.418 e. The number of nitrogens with one attached hydrogen (secondary N) is 2. The number of fused-ring (bicyclic) bond motifs is 3. The van der Waals surface area contributed by atoms with Crippen LogP contribution in [0.3, 0.4) is 0 Å². The highest BCUT2D eigenvalue weighted by molar-refractivity contribution is 7.80. The largest absolute Gasteiger partial charge is 0.418 e. The van der Waals surface area contributed by atoms with Crippen molar-refractivity contribution in [3.63, 3.8) is 0 Å². The fraction of sp³-hybridized carbons (Fsp3) is 0.571. The molecule has 13 heteroatoms. The molecule has 3 N–H and O–H groups in total. The van der Waals surface area contributed by atoms with Gasteiger partial charge >= 0.3 is 16.4 Å². The highest BCUT2D eigenvalue weighted by atomic mass is 32.3. The average molecular weight is 418 g/mol. The number of rotatable bonds is 5. The van der Waals surface area contributed by atoms with Crippen LogP contribution in [0.5, 0.6) is 0 Å². The third-order valence-corrected chi connectivity index (χ3v) is 6.22. The first kappa shape index (κ1) is 18.6. The lowest BCUT2D eigenvalue weighted by molar-refractivity contribution is -0.144. The van der Waals surface area contributed by atoms with E-state index >= 15 is 0 Å². The van der Waals surface area contributed by atoms with E-state index in [4.69, 9.17) is 9.39 Å². The van der Waals surface area contributed by atoms with Crippen molar-refractivity contribution >= 4 is 33.7 Å². The van der Waals surface area contributed by atoms with Crippen molar-refractivity contribution in [1.82, 2.24) is 20.8 Å². The van der Waals surface area contributed by atoms with Gasteiger partial charge in [0.1, 0.15) is 12.1 Å². The minimum Gasteiger partial charge on any atom is -0.310 e. The second-order valence-electron chi connectivity index (χ2n) is 6.52. The number of piperidine rings is 1. The standard InChI is InChI=1S/C14H18N4O7S2/c19-13(16-24-11-6-15-5-8-3-4-26-12(8)11)10-2-1-9-7-17(10)14(20)18(9)25-27(21,22)23/h3-4,9-11,15H,1-2,5-7H2,(H,16,19)(H,21,22,23)/t9-,10+,11?/m1/s1. The number of urea groups is 1. The van der Waals surface area contributed by atoms with Gasteiger partial charge in [0.15, 0.2) is 0 Å². The SMILES string of the molecule is O=C(NOC1CNCc2ccsc21)[C@@H]1CC[C@@H]2CN1C(=O)N2OS(=O)(=O)O. The molecule has 0 aliphatic carbocycles. The Labute approximate surface area is 159 Å². The van der Waals surface area contributed by atoms with Crippen molar-refractivity contribution in [2.24, 2.45) is 0 Å². The van der Waals surface area contributed by atoms with Crippen LogP contribution in [0.15, 0.2) is 11.4 Å². The Morgan fingerprint density at radius 3 is 3.00 bits per heavy atom. The summed E-state index contributed by atoms with van der Waals surface area (Å²) in [7, 11) is -4.82. The molecule has 1 aromatic rings. The Bertz CT molecular complexity index is 857. The number of hydrogen-bond acceptors (Lipinski definition) is 8. The molecule has 4 heterocycles. The Kier molecular flexibility index (Phi) is 4.82. The van der Waals surface area contributed by atoms with E-state index in [-0.39, 0.29) is 12.6 Å². The fourth-order valence-electron chi connectivity index (χ4n) is 3.60. The second-order valence-corrected chi connectivity index (χ2v) is 8.48. The molecule has 11 nitrogen and oxygen atoms in total. The van der Waals surface area contributed by atoms with Gasteiger partial charge < -0.3 is 10.2 Å². The van der Waals surface area contributed by atoms with E-state index < -0.39 is 34.4 Å². The summed E-state index contributed by atoms with van der Waals surface area (Å²) in [6.07, 6.45) is 0.364. The first-order valence-corrected chi connectivity index (χ1v) is 10.6. The first-order chi connectivity index (χ1) is 12.8. The van der Waals surface area contributed by atoms with Crippen molar-refractivity contribution < 1.29 is 31.7 Å². The number of amides is 3. The molecule has 3 aliphatic heterocycles. The zero-order valence-corrected chi connectivity index (χ0v) is 15.7. The lowest BCUT2D eigenvalue weighted by Gasteiger charge is -2.30. The minimum atomic E-state index is -4.82. The highest BCUT2D eigenvalue weighted by Crippen LogP contribution is 2.32. The van der Waals surface area contributed by atoms with E-state index in [1.165, 1.54) is 4.90 Å². The third-order valence-electron chi connectivity index (χ3n) is 4.82. The number of nitrogens with zero attached hydrogens (tertiary/aromatic N) is 2. The smallest absolute Gasteiger partial charge is 0.310 e. The summed E-state index contributed by atoms with van der Waals surface area (Å²) in [5, 5.41) is 5.77. The van der Waals surface area contributed by atoms with E-state index in [2.05, 4.69) is 15.1 Å². The molecule has 27 heavy (non-hydrogen) atoms. The van der Waals surface area contributed by atoms with Crippen LogP contribution in [0, 0.1) is 0 Å². The zero-order chi connectivity index (χ0) is 19.2. The molecule has 0 spiro atoms. The third kappa shape index (κ3) is 3.66. The second kappa shape index (κ2) is 7.00. The molecule has 3 amide bonds.